The summed E-state index contributed by atoms with van der Waals surface area (Å²) in [5.41, 5.74) is 5.71. The van der Waals surface area contributed by atoms with Gasteiger partial charge in [-0.25, -0.2) is 8.42 Å². The SMILES string of the molecule is CC(NS(=O)(=O)c1cccs1)C(=O)N1CCCCC1CN.Cl. The number of sulfonamides is 1. The number of hydrogen-bond donors (Lipinski definition) is 2. The molecule has 126 valence electrons. The molecule has 0 aromatic carbocycles. The Morgan fingerprint density at radius 2 is 2.27 bits per heavy atom. The summed E-state index contributed by atoms with van der Waals surface area (Å²) in [5, 5.41) is 1.69. The summed E-state index contributed by atoms with van der Waals surface area (Å²) in [6.07, 6.45) is 2.88. The number of carbonyl (C=O) groups is 1. The van der Waals surface area contributed by atoms with E-state index in [0.29, 0.717) is 13.1 Å². The monoisotopic (exact) mass is 367 g/mol. The van der Waals surface area contributed by atoms with Crippen molar-refractivity contribution in [2.24, 2.45) is 5.73 Å². The van der Waals surface area contributed by atoms with E-state index in [0.717, 1.165) is 30.6 Å². The topological polar surface area (TPSA) is 92.5 Å². The Bertz CT molecular complexity index is 577. The molecule has 9 heteroatoms. The zero-order valence-corrected chi connectivity index (χ0v) is 14.8. The lowest BCUT2D eigenvalue weighted by Gasteiger charge is -2.36. The number of carbonyl (C=O) groups excluding carboxylic acids is 1. The van der Waals surface area contributed by atoms with E-state index in [-0.39, 0.29) is 28.6 Å². The van der Waals surface area contributed by atoms with Crippen molar-refractivity contribution in [2.45, 2.75) is 42.5 Å². The van der Waals surface area contributed by atoms with Crippen LogP contribution in [0.4, 0.5) is 0 Å². The molecule has 6 nitrogen and oxygen atoms in total. The second-order valence-corrected chi connectivity index (χ2v) is 8.08. The van der Waals surface area contributed by atoms with Gasteiger partial charge in [-0.15, -0.1) is 23.7 Å². The molecule has 1 aliphatic heterocycles. The molecule has 1 aliphatic rings. The standard InChI is InChI=1S/C13H21N3O3S2.ClH/c1-10(15-21(18,19)12-6-4-8-20-12)13(17)16-7-3-2-5-11(16)9-14;/h4,6,8,10-11,15H,2-3,5,7,9,14H2,1H3;1H. The minimum absolute atomic E-state index is 0. The van der Waals surface area contributed by atoms with Gasteiger partial charge >= 0.3 is 0 Å². The number of nitrogens with one attached hydrogen (secondary N) is 1. The van der Waals surface area contributed by atoms with Crippen LogP contribution in [-0.4, -0.2) is 44.4 Å². The Morgan fingerprint density at radius 3 is 2.86 bits per heavy atom. The number of hydrogen-bond acceptors (Lipinski definition) is 5. The molecule has 1 fully saturated rings. The number of piperidine rings is 1. The third-order valence-electron chi connectivity index (χ3n) is 3.64. The predicted octanol–water partition coefficient (Wildman–Crippen LogP) is 1.18. The second kappa shape index (κ2) is 8.26. The van der Waals surface area contributed by atoms with Crippen LogP contribution >= 0.6 is 23.7 Å². The largest absolute Gasteiger partial charge is 0.337 e. The van der Waals surface area contributed by atoms with E-state index >= 15 is 0 Å². The average Bonchev–Trinajstić information content (AvgIpc) is 3.01. The summed E-state index contributed by atoms with van der Waals surface area (Å²) in [6, 6.07) is 2.42. The smallest absolute Gasteiger partial charge is 0.250 e. The fraction of sp³-hybridized carbons (Fsp3) is 0.615. The zero-order chi connectivity index (χ0) is 15.5. The normalized spacial score (nSPS) is 20.3. The maximum atomic E-state index is 12.5. The summed E-state index contributed by atoms with van der Waals surface area (Å²) in [6.45, 7) is 2.64. The lowest BCUT2D eigenvalue weighted by molar-refractivity contribution is -0.136. The number of nitrogens with zero attached hydrogens (tertiary/aromatic N) is 1. The highest BCUT2D eigenvalue weighted by Gasteiger charge is 2.31. The highest BCUT2D eigenvalue weighted by Crippen LogP contribution is 2.19. The molecule has 2 heterocycles. The molecule has 1 amide bonds. The average molecular weight is 368 g/mol. The van der Waals surface area contributed by atoms with Crippen LogP contribution in [0.25, 0.3) is 0 Å². The molecule has 2 atom stereocenters. The van der Waals surface area contributed by atoms with Crippen LogP contribution < -0.4 is 10.5 Å². The van der Waals surface area contributed by atoms with Crippen molar-refractivity contribution in [1.82, 2.24) is 9.62 Å². The van der Waals surface area contributed by atoms with E-state index < -0.39 is 16.1 Å². The summed E-state index contributed by atoms with van der Waals surface area (Å²) < 4.78 is 27.0. The van der Waals surface area contributed by atoms with Gasteiger partial charge in [-0.3, -0.25) is 4.79 Å². The van der Waals surface area contributed by atoms with Gasteiger partial charge in [0.2, 0.25) is 5.91 Å². The van der Waals surface area contributed by atoms with Crippen molar-refractivity contribution in [3.05, 3.63) is 17.5 Å². The molecule has 2 rings (SSSR count). The Balaban J connectivity index is 0.00000242. The Morgan fingerprint density at radius 1 is 1.55 bits per heavy atom. The van der Waals surface area contributed by atoms with E-state index in [2.05, 4.69) is 4.72 Å². The van der Waals surface area contributed by atoms with Crippen LogP contribution in [0, 0.1) is 0 Å². The summed E-state index contributed by atoms with van der Waals surface area (Å²) in [7, 11) is -3.63. The zero-order valence-electron chi connectivity index (χ0n) is 12.4. The van der Waals surface area contributed by atoms with Gasteiger partial charge in [-0.1, -0.05) is 6.07 Å². The third kappa shape index (κ3) is 4.42. The summed E-state index contributed by atoms with van der Waals surface area (Å²) >= 11 is 1.13. The molecule has 0 saturated carbocycles. The van der Waals surface area contributed by atoms with Crippen LogP contribution in [0.15, 0.2) is 21.7 Å². The molecular weight excluding hydrogens is 346 g/mol. The molecule has 3 N–H and O–H groups in total. The van der Waals surface area contributed by atoms with E-state index in [4.69, 9.17) is 5.73 Å². The number of halogens is 1. The highest BCUT2D eigenvalue weighted by molar-refractivity contribution is 7.91. The van der Waals surface area contributed by atoms with Crippen LogP contribution in [-0.2, 0) is 14.8 Å². The molecule has 0 aliphatic carbocycles. The van der Waals surface area contributed by atoms with Crippen LogP contribution in [0.1, 0.15) is 26.2 Å². The number of thiophene rings is 1. The molecule has 0 bridgehead atoms. The predicted molar refractivity (Wildman–Crippen MR) is 89.8 cm³/mol. The Labute approximate surface area is 141 Å². The number of amides is 1. The third-order valence-corrected chi connectivity index (χ3v) is 6.58. The molecule has 22 heavy (non-hydrogen) atoms. The van der Waals surface area contributed by atoms with Gasteiger partial charge in [-0.2, -0.15) is 4.72 Å². The minimum Gasteiger partial charge on any atom is -0.337 e. The molecule has 1 aromatic heterocycles. The first-order valence-corrected chi connectivity index (χ1v) is 9.38. The number of likely N-dealkylation sites (tertiary alicyclic amines) is 1. The fourth-order valence-corrected chi connectivity index (χ4v) is 4.75. The van der Waals surface area contributed by atoms with Gasteiger partial charge in [-0.05, 0) is 37.6 Å². The van der Waals surface area contributed by atoms with E-state index in [1.165, 1.54) is 6.07 Å². The first kappa shape index (κ1) is 19.4. The molecule has 0 spiro atoms. The lowest BCUT2D eigenvalue weighted by atomic mass is 10.0. The first-order chi connectivity index (χ1) is 9.95. The molecule has 0 radical (unpaired) electrons. The summed E-state index contributed by atoms with van der Waals surface area (Å²) in [5.74, 6) is -0.203. The van der Waals surface area contributed by atoms with E-state index in [1.54, 1.807) is 23.3 Å². The first-order valence-electron chi connectivity index (χ1n) is 7.02. The number of nitrogens with two attached hydrogens (primary N) is 1. The van der Waals surface area contributed by atoms with Gasteiger partial charge in [0, 0.05) is 19.1 Å². The van der Waals surface area contributed by atoms with Crippen LogP contribution in [0.3, 0.4) is 0 Å². The van der Waals surface area contributed by atoms with Crippen molar-refractivity contribution in [1.29, 1.82) is 0 Å². The fourth-order valence-electron chi connectivity index (χ4n) is 2.54. The maximum absolute atomic E-state index is 12.5. The highest BCUT2D eigenvalue weighted by atomic mass is 35.5. The van der Waals surface area contributed by atoms with Crippen molar-refractivity contribution >= 4 is 39.7 Å². The number of rotatable bonds is 5. The van der Waals surface area contributed by atoms with Crippen LogP contribution in [0.5, 0.6) is 0 Å². The van der Waals surface area contributed by atoms with Crippen molar-refractivity contribution < 1.29 is 13.2 Å². The Kier molecular flexibility index (Phi) is 7.27. The van der Waals surface area contributed by atoms with Crippen LogP contribution in [0.2, 0.25) is 0 Å². The molecule has 2 unspecified atom stereocenters. The van der Waals surface area contributed by atoms with Gasteiger partial charge in [0.1, 0.15) is 4.21 Å². The maximum Gasteiger partial charge on any atom is 0.250 e. The minimum atomic E-state index is -3.63. The molecule has 1 saturated heterocycles. The lowest BCUT2D eigenvalue weighted by Crippen LogP contribution is -2.54. The van der Waals surface area contributed by atoms with E-state index in [1.807, 2.05) is 0 Å². The quantitative estimate of drug-likeness (QED) is 0.817. The van der Waals surface area contributed by atoms with Gasteiger partial charge in [0.15, 0.2) is 0 Å². The summed E-state index contributed by atoms with van der Waals surface area (Å²) in [4.78, 5) is 14.2. The van der Waals surface area contributed by atoms with E-state index in [9.17, 15) is 13.2 Å². The Hall–Kier alpha value is -0.670. The molecule has 1 aromatic rings. The van der Waals surface area contributed by atoms with Crippen molar-refractivity contribution in [3.8, 4) is 0 Å². The van der Waals surface area contributed by atoms with Gasteiger partial charge < -0.3 is 10.6 Å². The van der Waals surface area contributed by atoms with Gasteiger partial charge in [0.25, 0.3) is 10.0 Å². The van der Waals surface area contributed by atoms with Crippen molar-refractivity contribution in [2.75, 3.05) is 13.1 Å². The van der Waals surface area contributed by atoms with Gasteiger partial charge in [0.05, 0.1) is 6.04 Å². The molecular formula is C13H22ClN3O3S2. The second-order valence-electron chi connectivity index (χ2n) is 5.19. The van der Waals surface area contributed by atoms with Crippen molar-refractivity contribution in [3.63, 3.8) is 0 Å².